The van der Waals surface area contributed by atoms with Crippen LogP contribution in [-0.4, -0.2) is 36.3 Å². The fourth-order valence-electron chi connectivity index (χ4n) is 2.10. The predicted molar refractivity (Wildman–Crippen MR) is 80.6 cm³/mol. The first-order valence-corrected chi connectivity index (χ1v) is 6.99. The molecule has 0 aliphatic rings. The monoisotopic (exact) mass is 277 g/mol. The van der Waals surface area contributed by atoms with Crippen LogP contribution in [0.25, 0.3) is 0 Å². The van der Waals surface area contributed by atoms with Gasteiger partial charge in [-0.25, -0.2) is 0 Å². The summed E-state index contributed by atoms with van der Waals surface area (Å²) in [6.45, 7) is 6.28. The van der Waals surface area contributed by atoms with E-state index in [9.17, 15) is 9.59 Å². The summed E-state index contributed by atoms with van der Waals surface area (Å²) in [6.07, 6.45) is 2.01. The largest absolute Gasteiger partial charge is 0.366 e. The van der Waals surface area contributed by atoms with Crippen LogP contribution in [-0.2, 0) is 4.79 Å². The molecule has 5 heteroatoms. The maximum atomic E-state index is 12.0. The van der Waals surface area contributed by atoms with Crippen molar-refractivity contribution >= 4 is 17.5 Å². The Morgan fingerprint density at radius 3 is 2.30 bits per heavy atom. The maximum absolute atomic E-state index is 12.0. The molecule has 1 aromatic carbocycles. The van der Waals surface area contributed by atoms with Gasteiger partial charge in [0.15, 0.2) is 0 Å². The van der Waals surface area contributed by atoms with Gasteiger partial charge in [0.1, 0.15) is 0 Å². The molecule has 0 fully saturated rings. The SMILES string of the molecule is CCCN(CCC)CC(=O)Nc1ccccc1C(N)=O. The van der Waals surface area contributed by atoms with E-state index >= 15 is 0 Å². The smallest absolute Gasteiger partial charge is 0.250 e. The van der Waals surface area contributed by atoms with Crippen molar-refractivity contribution in [3.8, 4) is 0 Å². The molecule has 0 bridgehead atoms. The maximum Gasteiger partial charge on any atom is 0.250 e. The average molecular weight is 277 g/mol. The van der Waals surface area contributed by atoms with Gasteiger partial charge in [0, 0.05) is 0 Å². The fourth-order valence-corrected chi connectivity index (χ4v) is 2.10. The second-order valence-corrected chi connectivity index (χ2v) is 4.73. The van der Waals surface area contributed by atoms with Crippen molar-refractivity contribution in [2.24, 2.45) is 5.73 Å². The Kier molecular flexibility index (Phi) is 6.73. The van der Waals surface area contributed by atoms with Crippen molar-refractivity contribution in [2.45, 2.75) is 26.7 Å². The number of primary amides is 1. The summed E-state index contributed by atoms with van der Waals surface area (Å²) in [6, 6.07) is 6.77. The van der Waals surface area contributed by atoms with Crippen molar-refractivity contribution < 1.29 is 9.59 Å². The van der Waals surface area contributed by atoms with Crippen LogP contribution in [0.2, 0.25) is 0 Å². The number of rotatable bonds is 8. The number of para-hydroxylation sites is 1. The molecule has 0 unspecified atom stereocenters. The molecule has 20 heavy (non-hydrogen) atoms. The quantitative estimate of drug-likeness (QED) is 0.761. The van der Waals surface area contributed by atoms with Gasteiger partial charge in [-0.3, -0.25) is 14.5 Å². The number of anilines is 1. The minimum absolute atomic E-state index is 0.124. The molecular weight excluding hydrogens is 254 g/mol. The van der Waals surface area contributed by atoms with Crippen LogP contribution in [0, 0.1) is 0 Å². The Morgan fingerprint density at radius 1 is 1.15 bits per heavy atom. The van der Waals surface area contributed by atoms with Crippen molar-refractivity contribution in [2.75, 3.05) is 25.0 Å². The Bertz CT molecular complexity index is 454. The molecule has 0 aliphatic carbocycles. The third-order valence-corrected chi connectivity index (χ3v) is 2.91. The van der Waals surface area contributed by atoms with E-state index in [0.29, 0.717) is 17.8 Å². The van der Waals surface area contributed by atoms with Crippen LogP contribution in [0.4, 0.5) is 5.69 Å². The second-order valence-electron chi connectivity index (χ2n) is 4.73. The van der Waals surface area contributed by atoms with Crippen LogP contribution in [0.1, 0.15) is 37.0 Å². The molecular formula is C15H23N3O2. The zero-order valence-corrected chi connectivity index (χ0v) is 12.2. The Morgan fingerprint density at radius 2 is 1.75 bits per heavy atom. The van der Waals surface area contributed by atoms with Gasteiger partial charge < -0.3 is 11.1 Å². The molecule has 0 spiro atoms. The van der Waals surface area contributed by atoms with Gasteiger partial charge in [0.25, 0.3) is 5.91 Å². The lowest BCUT2D eigenvalue weighted by molar-refractivity contribution is -0.117. The number of nitrogens with zero attached hydrogens (tertiary/aromatic N) is 1. The molecule has 110 valence electrons. The van der Waals surface area contributed by atoms with Crippen molar-refractivity contribution in [3.63, 3.8) is 0 Å². The number of nitrogens with one attached hydrogen (secondary N) is 1. The second kappa shape index (κ2) is 8.32. The summed E-state index contributed by atoms with van der Waals surface area (Å²) < 4.78 is 0. The average Bonchev–Trinajstić information content (AvgIpc) is 2.39. The van der Waals surface area contributed by atoms with E-state index in [-0.39, 0.29) is 5.91 Å². The lowest BCUT2D eigenvalue weighted by atomic mass is 10.1. The van der Waals surface area contributed by atoms with Gasteiger partial charge in [-0.05, 0) is 38.1 Å². The van der Waals surface area contributed by atoms with E-state index in [2.05, 4.69) is 24.1 Å². The lowest BCUT2D eigenvalue weighted by Gasteiger charge is -2.20. The van der Waals surface area contributed by atoms with Gasteiger partial charge in [-0.2, -0.15) is 0 Å². The van der Waals surface area contributed by atoms with E-state index < -0.39 is 5.91 Å². The topological polar surface area (TPSA) is 75.4 Å². The third-order valence-electron chi connectivity index (χ3n) is 2.91. The fraction of sp³-hybridized carbons (Fsp3) is 0.467. The molecule has 3 N–H and O–H groups in total. The molecule has 0 radical (unpaired) electrons. The Labute approximate surface area is 120 Å². The highest BCUT2D eigenvalue weighted by Crippen LogP contribution is 2.14. The molecule has 0 aromatic heterocycles. The summed E-state index contributed by atoms with van der Waals surface area (Å²) in [7, 11) is 0. The first kappa shape index (κ1) is 16.2. The van der Waals surface area contributed by atoms with E-state index in [0.717, 1.165) is 25.9 Å². The molecule has 2 amide bonds. The molecule has 5 nitrogen and oxygen atoms in total. The first-order chi connectivity index (χ1) is 9.58. The van der Waals surface area contributed by atoms with Gasteiger partial charge in [0.2, 0.25) is 5.91 Å². The minimum Gasteiger partial charge on any atom is -0.366 e. The summed E-state index contributed by atoms with van der Waals surface area (Å²) in [4.78, 5) is 25.4. The number of nitrogens with two attached hydrogens (primary N) is 1. The van der Waals surface area contributed by atoms with Gasteiger partial charge in [-0.1, -0.05) is 26.0 Å². The van der Waals surface area contributed by atoms with Crippen LogP contribution in [0.5, 0.6) is 0 Å². The number of benzene rings is 1. The van der Waals surface area contributed by atoms with Crippen LogP contribution in [0.3, 0.4) is 0 Å². The zero-order chi connectivity index (χ0) is 15.0. The van der Waals surface area contributed by atoms with Crippen molar-refractivity contribution in [3.05, 3.63) is 29.8 Å². The molecule has 0 heterocycles. The van der Waals surface area contributed by atoms with Gasteiger partial charge >= 0.3 is 0 Å². The summed E-state index contributed by atoms with van der Waals surface area (Å²) in [5.41, 5.74) is 6.09. The van der Waals surface area contributed by atoms with E-state index in [1.807, 2.05) is 0 Å². The Hall–Kier alpha value is -1.88. The molecule has 0 saturated carbocycles. The molecule has 0 aliphatic heterocycles. The highest BCUT2D eigenvalue weighted by atomic mass is 16.2. The van der Waals surface area contributed by atoms with E-state index in [4.69, 9.17) is 5.73 Å². The first-order valence-electron chi connectivity index (χ1n) is 6.99. The highest BCUT2D eigenvalue weighted by molar-refractivity contribution is 6.03. The summed E-state index contributed by atoms with van der Waals surface area (Å²) in [5.74, 6) is -0.666. The Balaban J connectivity index is 2.68. The normalized spacial score (nSPS) is 10.6. The number of hydrogen-bond donors (Lipinski definition) is 2. The molecule has 1 aromatic rings. The van der Waals surface area contributed by atoms with Crippen molar-refractivity contribution in [1.29, 1.82) is 0 Å². The minimum atomic E-state index is -0.542. The zero-order valence-electron chi connectivity index (χ0n) is 12.2. The molecule has 0 atom stereocenters. The predicted octanol–water partition coefficient (Wildman–Crippen LogP) is 1.85. The van der Waals surface area contributed by atoms with Crippen LogP contribution in [0.15, 0.2) is 24.3 Å². The third kappa shape index (κ3) is 5.01. The van der Waals surface area contributed by atoms with E-state index in [1.54, 1.807) is 24.3 Å². The number of carbonyl (C=O) groups is 2. The number of amides is 2. The molecule has 1 rings (SSSR count). The van der Waals surface area contributed by atoms with Gasteiger partial charge in [0.05, 0.1) is 17.8 Å². The number of carbonyl (C=O) groups excluding carboxylic acids is 2. The van der Waals surface area contributed by atoms with Crippen LogP contribution < -0.4 is 11.1 Å². The van der Waals surface area contributed by atoms with Crippen molar-refractivity contribution in [1.82, 2.24) is 4.90 Å². The number of hydrogen-bond acceptors (Lipinski definition) is 3. The summed E-state index contributed by atoms with van der Waals surface area (Å²) in [5, 5.41) is 2.76. The van der Waals surface area contributed by atoms with Gasteiger partial charge in [-0.15, -0.1) is 0 Å². The highest BCUT2D eigenvalue weighted by Gasteiger charge is 2.12. The standard InChI is InChI=1S/C15H23N3O2/c1-3-9-18(10-4-2)11-14(19)17-13-8-6-5-7-12(13)15(16)20/h5-8H,3-4,9-11H2,1-2H3,(H2,16,20)(H,17,19). The van der Waals surface area contributed by atoms with E-state index in [1.165, 1.54) is 0 Å². The summed E-state index contributed by atoms with van der Waals surface area (Å²) >= 11 is 0. The van der Waals surface area contributed by atoms with Crippen LogP contribution >= 0.6 is 0 Å². The molecule has 0 saturated heterocycles. The lowest BCUT2D eigenvalue weighted by Crippen LogP contribution is -2.34.